The standard InChI is InChI=1S/C15H19N3OS2/c1-18(2)8-10-21-15-13(6-3-7-16-15)14(19)17-11-12-5-4-9-20-12/h3-7,9H,8,10-11H2,1-2H3,(H,17,19). The van der Waals surface area contributed by atoms with Crippen LogP contribution in [-0.2, 0) is 6.54 Å². The molecule has 4 nitrogen and oxygen atoms in total. The molecule has 0 radical (unpaired) electrons. The molecular formula is C15H19N3OS2. The maximum absolute atomic E-state index is 12.3. The predicted octanol–water partition coefficient (Wildman–Crippen LogP) is 2.73. The molecule has 2 heterocycles. The summed E-state index contributed by atoms with van der Waals surface area (Å²) in [5.74, 6) is 0.846. The second-order valence-corrected chi connectivity index (χ2v) is 6.89. The Labute approximate surface area is 133 Å². The zero-order valence-electron chi connectivity index (χ0n) is 12.2. The summed E-state index contributed by atoms with van der Waals surface area (Å²) in [4.78, 5) is 19.9. The minimum Gasteiger partial charge on any atom is -0.347 e. The molecule has 0 bridgehead atoms. The Morgan fingerprint density at radius 3 is 2.95 bits per heavy atom. The summed E-state index contributed by atoms with van der Waals surface area (Å²) in [6, 6.07) is 7.63. The Hall–Kier alpha value is -1.37. The summed E-state index contributed by atoms with van der Waals surface area (Å²) in [6.07, 6.45) is 1.73. The normalized spacial score (nSPS) is 10.8. The quantitative estimate of drug-likeness (QED) is 0.797. The van der Waals surface area contributed by atoms with Gasteiger partial charge in [0.1, 0.15) is 5.03 Å². The summed E-state index contributed by atoms with van der Waals surface area (Å²) >= 11 is 3.26. The van der Waals surface area contributed by atoms with E-state index in [0.717, 1.165) is 22.2 Å². The summed E-state index contributed by atoms with van der Waals surface area (Å²) < 4.78 is 0. The van der Waals surface area contributed by atoms with Gasteiger partial charge in [0.15, 0.2) is 0 Å². The van der Waals surface area contributed by atoms with E-state index in [-0.39, 0.29) is 5.91 Å². The molecule has 0 saturated heterocycles. The minimum atomic E-state index is -0.0659. The van der Waals surface area contributed by atoms with Crippen molar-refractivity contribution in [2.24, 2.45) is 0 Å². The summed E-state index contributed by atoms with van der Waals surface area (Å²) in [5, 5.41) is 5.75. The molecule has 0 unspecified atom stereocenters. The van der Waals surface area contributed by atoms with E-state index in [2.05, 4.69) is 15.2 Å². The second kappa shape index (κ2) is 8.17. The van der Waals surface area contributed by atoms with Crippen molar-refractivity contribution in [2.45, 2.75) is 11.6 Å². The third-order valence-electron chi connectivity index (χ3n) is 2.80. The van der Waals surface area contributed by atoms with Gasteiger partial charge < -0.3 is 10.2 Å². The smallest absolute Gasteiger partial charge is 0.254 e. The lowest BCUT2D eigenvalue weighted by Crippen LogP contribution is -2.23. The van der Waals surface area contributed by atoms with Crippen molar-refractivity contribution in [3.63, 3.8) is 0 Å². The van der Waals surface area contributed by atoms with E-state index in [0.29, 0.717) is 12.1 Å². The highest BCUT2D eigenvalue weighted by atomic mass is 32.2. The molecule has 21 heavy (non-hydrogen) atoms. The topological polar surface area (TPSA) is 45.2 Å². The van der Waals surface area contributed by atoms with Crippen LogP contribution in [0.4, 0.5) is 0 Å². The van der Waals surface area contributed by atoms with E-state index >= 15 is 0 Å². The predicted molar refractivity (Wildman–Crippen MR) is 89.0 cm³/mol. The first-order valence-corrected chi connectivity index (χ1v) is 8.56. The number of nitrogens with zero attached hydrogens (tertiary/aromatic N) is 2. The third-order valence-corrected chi connectivity index (χ3v) is 4.66. The molecule has 0 spiro atoms. The molecule has 0 saturated carbocycles. The van der Waals surface area contributed by atoms with Crippen LogP contribution in [0.25, 0.3) is 0 Å². The van der Waals surface area contributed by atoms with Gasteiger partial charge in [0.25, 0.3) is 5.91 Å². The Morgan fingerprint density at radius 1 is 1.38 bits per heavy atom. The van der Waals surface area contributed by atoms with Crippen molar-refractivity contribution in [1.82, 2.24) is 15.2 Å². The Morgan fingerprint density at radius 2 is 2.24 bits per heavy atom. The number of aromatic nitrogens is 1. The van der Waals surface area contributed by atoms with E-state index in [1.54, 1.807) is 35.4 Å². The van der Waals surface area contributed by atoms with Crippen LogP contribution in [0, 0.1) is 0 Å². The first-order valence-electron chi connectivity index (χ1n) is 6.70. The van der Waals surface area contributed by atoms with Crippen LogP contribution in [0.1, 0.15) is 15.2 Å². The number of hydrogen-bond acceptors (Lipinski definition) is 5. The van der Waals surface area contributed by atoms with Crippen LogP contribution < -0.4 is 5.32 Å². The number of carbonyl (C=O) groups is 1. The van der Waals surface area contributed by atoms with E-state index < -0.39 is 0 Å². The number of rotatable bonds is 7. The fraction of sp³-hybridized carbons (Fsp3) is 0.333. The van der Waals surface area contributed by atoms with Gasteiger partial charge in [0, 0.05) is 23.4 Å². The van der Waals surface area contributed by atoms with Gasteiger partial charge in [-0.3, -0.25) is 4.79 Å². The van der Waals surface area contributed by atoms with Gasteiger partial charge in [0.05, 0.1) is 12.1 Å². The van der Waals surface area contributed by atoms with E-state index in [4.69, 9.17) is 0 Å². The maximum atomic E-state index is 12.3. The lowest BCUT2D eigenvalue weighted by Gasteiger charge is -2.11. The summed E-state index contributed by atoms with van der Waals surface area (Å²) in [6.45, 7) is 1.52. The van der Waals surface area contributed by atoms with Crippen molar-refractivity contribution in [2.75, 3.05) is 26.4 Å². The van der Waals surface area contributed by atoms with E-state index in [1.165, 1.54) is 0 Å². The highest BCUT2D eigenvalue weighted by molar-refractivity contribution is 7.99. The highest BCUT2D eigenvalue weighted by Crippen LogP contribution is 2.20. The van der Waals surface area contributed by atoms with Gasteiger partial charge >= 0.3 is 0 Å². The van der Waals surface area contributed by atoms with Crippen molar-refractivity contribution in [1.29, 1.82) is 0 Å². The van der Waals surface area contributed by atoms with E-state index in [9.17, 15) is 4.79 Å². The molecule has 0 aliphatic rings. The van der Waals surface area contributed by atoms with Crippen LogP contribution in [0.5, 0.6) is 0 Å². The number of pyridine rings is 1. The van der Waals surface area contributed by atoms with Crippen LogP contribution in [0.2, 0.25) is 0 Å². The first kappa shape index (κ1) is 16.0. The molecule has 2 aromatic rings. The first-order chi connectivity index (χ1) is 10.2. The molecule has 0 fully saturated rings. The van der Waals surface area contributed by atoms with Gasteiger partial charge in [0.2, 0.25) is 0 Å². The van der Waals surface area contributed by atoms with Gasteiger partial charge in [-0.2, -0.15) is 0 Å². The number of amides is 1. The molecular weight excluding hydrogens is 302 g/mol. The number of thiophene rings is 1. The van der Waals surface area contributed by atoms with Crippen molar-refractivity contribution in [3.8, 4) is 0 Å². The molecule has 1 amide bonds. The molecule has 6 heteroatoms. The molecule has 2 rings (SSSR count). The average molecular weight is 321 g/mol. The summed E-state index contributed by atoms with van der Waals surface area (Å²) in [7, 11) is 4.07. The highest BCUT2D eigenvalue weighted by Gasteiger charge is 2.12. The number of thioether (sulfide) groups is 1. The minimum absolute atomic E-state index is 0.0659. The average Bonchev–Trinajstić information content (AvgIpc) is 2.98. The fourth-order valence-corrected chi connectivity index (χ4v) is 3.43. The van der Waals surface area contributed by atoms with Gasteiger partial charge in [-0.05, 0) is 37.7 Å². The lowest BCUT2D eigenvalue weighted by atomic mass is 10.2. The van der Waals surface area contributed by atoms with Gasteiger partial charge in [-0.25, -0.2) is 4.98 Å². The molecule has 2 aromatic heterocycles. The zero-order chi connectivity index (χ0) is 15.1. The number of carbonyl (C=O) groups excluding carboxylic acids is 1. The number of hydrogen-bond donors (Lipinski definition) is 1. The fourth-order valence-electron chi connectivity index (χ4n) is 1.68. The Bertz CT molecular complexity index is 570. The molecule has 112 valence electrons. The molecule has 0 aliphatic carbocycles. The molecule has 0 aliphatic heterocycles. The van der Waals surface area contributed by atoms with Crippen molar-refractivity contribution in [3.05, 3.63) is 46.3 Å². The Balaban J connectivity index is 1.96. The van der Waals surface area contributed by atoms with Gasteiger partial charge in [-0.1, -0.05) is 6.07 Å². The monoisotopic (exact) mass is 321 g/mol. The molecule has 0 atom stereocenters. The van der Waals surface area contributed by atoms with Crippen molar-refractivity contribution >= 4 is 29.0 Å². The van der Waals surface area contributed by atoms with Crippen LogP contribution >= 0.6 is 23.1 Å². The lowest BCUT2D eigenvalue weighted by molar-refractivity contribution is 0.0947. The van der Waals surface area contributed by atoms with Crippen LogP contribution in [0.3, 0.4) is 0 Å². The van der Waals surface area contributed by atoms with Crippen molar-refractivity contribution < 1.29 is 4.79 Å². The van der Waals surface area contributed by atoms with E-state index in [1.807, 2.05) is 37.7 Å². The maximum Gasteiger partial charge on any atom is 0.254 e. The number of nitrogens with one attached hydrogen (secondary N) is 1. The second-order valence-electron chi connectivity index (χ2n) is 4.77. The SMILES string of the molecule is CN(C)CCSc1ncccc1C(=O)NCc1cccs1. The summed E-state index contributed by atoms with van der Waals surface area (Å²) in [5.41, 5.74) is 0.651. The zero-order valence-corrected chi connectivity index (χ0v) is 13.8. The third kappa shape index (κ3) is 5.15. The van der Waals surface area contributed by atoms with Gasteiger partial charge in [-0.15, -0.1) is 23.1 Å². The van der Waals surface area contributed by atoms with Crippen LogP contribution in [0.15, 0.2) is 40.9 Å². The van der Waals surface area contributed by atoms with Crippen LogP contribution in [-0.4, -0.2) is 42.2 Å². The molecule has 1 N–H and O–H groups in total. The Kier molecular flexibility index (Phi) is 6.22. The largest absolute Gasteiger partial charge is 0.347 e. The molecule has 0 aromatic carbocycles.